The maximum Gasteiger partial charge on any atom is 0.270 e. The normalized spacial score (nSPS) is 12.3. The minimum Gasteiger partial charge on any atom is -0.361 e. The maximum atomic E-state index is 13.9. The van der Waals surface area contributed by atoms with E-state index in [1.165, 1.54) is 18.5 Å². The standard InChI is InChI=1S/C22H18FN6O/c1-13(28-22-19-21(25-11-24-19)26-12-27-22)17-9-15-7-8-16(23)10-18(15)29(30)20(17)14-5-3-2-4-6-14/h2-13,30H,1H3,(H2,24,25,26,27,28)/q+1/t13-/m0/s1. The van der Waals surface area contributed by atoms with Gasteiger partial charge in [-0.2, -0.15) is 0 Å². The van der Waals surface area contributed by atoms with Crippen molar-refractivity contribution in [2.75, 3.05) is 5.32 Å². The topological polar surface area (TPSA) is 90.6 Å². The SMILES string of the molecule is C[C@H](Nc1ncnc2nc[nH]c12)c1cc2ccc(F)cc2[n+](O)c1-c1ccccc1. The Balaban J connectivity index is 1.69. The van der Waals surface area contributed by atoms with Crippen LogP contribution in [-0.4, -0.2) is 25.1 Å². The number of nitrogens with zero attached hydrogens (tertiary/aromatic N) is 4. The quantitative estimate of drug-likeness (QED) is 0.313. The molecule has 3 aromatic heterocycles. The zero-order valence-electron chi connectivity index (χ0n) is 16.0. The van der Waals surface area contributed by atoms with Gasteiger partial charge in [0.15, 0.2) is 11.5 Å². The van der Waals surface area contributed by atoms with Gasteiger partial charge >= 0.3 is 0 Å². The molecule has 5 rings (SSSR count). The van der Waals surface area contributed by atoms with Crippen LogP contribution in [0.1, 0.15) is 18.5 Å². The zero-order valence-corrected chi connectivity index (χ0v) is 16.0. The molecule has 30 heavy (non-hydrogen) atoms. The summed E-state index contributed by atoms with van der Waals surface area (Å²) in [5.41, 5.74) is 3.87. The first-order chi connectivity index (χ1) is 14.6. The Bertz CT molecular complexity index is 1370. The van der Waals surface area contributed by atoms with Crippen molar-refractivity contribution in [2.45, 2.75) is 13.0 Å². The lowest BCUT2D eigenvalue weighted by Crippen LogP contribution is -2.36. The number of anilines is 1. The molecule has 0 amide bonds. The summed E-state index contributed by atoms with van der Waals surface area (Å²) < 4.78 is 14.9. The molecule has 0 aliphatic rings. The Morgan fingerprint density at radius 3 is 2.73 bits per heavy atom. The van der Waals surface area contributed by atoms with Gasteiger partial charge in [0.2, 0.25) is 0 Å². The molecule has 8 heteroatoms. The Hall–Kier alpha value is -4.07. The number of hydrogen-bond acceptors (Lipinski definition) is 5. The molecular weight excluding hydrogens is 383 g/mol. The zero-order chi connectivity index (χ0) is 20.7. The number of rotatable bonds is 4. The summed E-state index contributed by atoms with van der Waals surface area (Å²) in [5.74, 6) is 0.193. The van der Waals surface area contributed by atoms with Crippen molar-refractivity contribution in [3.63, 3.8) is 0 Å². The van der Waals surface area contributed by atoms with Crippen molar-refractivity contribution in [2.24, 2.45) is 0 Å². The predicted molar refractivity (Wildman–Crippen MR) is 110 cm³/mol. The van der Waals surface area contributed by atoms with Crippen LogP contribution in [0, 0.1) is 5.82 Å². The van der Waals surface area contributed by atoms with E-state index in [9.17, 15) is 9.60 Å². The fourth-order valence-corrected chi connectivity index (χ4v) is 3.67. The number of pyridine rings is 1. The number of aromatic nitrogens is 5. The van der Waals surface area contributed by atoms with Crippen LogP contribution in [0.3, 0.4) is 0 Å². The van der Waals surface area contributed by atoms with Crippen LogP contribution in [0.25, 0.3) is 33.3 Å². The van der Waals surface area contributed by atoms with Gasteiger partial charge in [0.1, 0.15) is 17.7 Å². The van der Waals surface area contributed by atoms with Crippen molar-refractivity contribution >= 4 is 27.9 Å². The summed E-state index contributed by atoms with van der Waals surface area (Å²) in [7, 11) is 0. The number of nitrogens with one attached hydrogen (secondary N) is 2. The molecule has 1 atom stereocenters. The first-order valence-electron chi connectivity index (χ1n) is 9.45. The van der Waals surface area contributed by atoms with Crippen molar-refractivity contribution in [3.05, 3.63) is 78.6 Å². The molecule has 5 aromatic rings. The van der Waals surface area contributed by atoms with Crippen molar-refractivity contribution in [3.8, 4) is 11.3 Å². The molecule has 148 valence electrons. The highest BCUT2D eigenvalue weighted by molar-refractivity contribution is 5.83. The molecular formula is C22H18FN6O+. The minimum atomic E-state index is -0.411. The molecule has 0 radical (unpaired) electrons. The highest BCUT2D eigenvalue weighted by Gasteiger charge is 2.27. The second-order valence-corrected chi connectivity index (χ2v) is 7.02. The van der Waals surface area contributed by atoms with Gasteiger partial charge in [-0.15, -0.1) is 0 Å². The van der Waals surface area contributed by atoms with E-state index in [4.69, 9.17) is 0 Å². The number of benzene rings is 2. The first kappa shape index (κ1) is 18.0. The fraction of sp³-hybridized carbons (Fsp3) is 0.0909. The average Bonchev–Trinajstić information content (AvgIpc) is 3.24. The molecule has 3 heterocycles. The van der Waals surface area contributed by atoms with Gasteiger partial charge in [0, 0.05) is 4.73 Å². The van der Waals surface area contributed by atoms with Crippen molar-refractivity contribution < 1.29 is 14.3 Å². The van der Waals surface area contributed by atoms with Gasteiger partial charge in [-0.3, -0.25) is 5.21 Å². The van der Waals surface area contributed by atoms with E-state index in [-0.39, 0.29) is 6.04 Å². The van der Waals surface area contributed by atoms with Crippen LogP contribution in [0.15, 0.2) is 67.3 Å². The van der Waals surface area contributed by atoms with E-state index in [2.05, 4.69) is 25.3 Å². The van der Waals surface area contributed by atoms with Crippen LogP contribution in [-0.2, 0) is 0 Å². The molecule has 0 fully saturated rings. The molecule has 2 aromatic carbocycles. The molecule has 0 spiro atoms. The Morgan fingerprint density at radius 2 is 1.90 bits per heavy atom. The summed E-state index contributed by atoms with van der Waals surface area (Å²) in [6, 6.07) is 15.6. The Labute approximate surface area is 170 Å². The number of imidazole rings is 1. The lowest BCUT2D eigenvalue weighted by atomic mass is 9.98. The number of aromatic amines is 1. The van der Waals surface area contributed by atoms with Crippen LogP contribution >= 0.6 is 0 Å². The van der Waals surface area contributed by atoms with Gasteiger partial charge in [-0.1, -0.05) is 18.2 Å². The summed E-state index contributed by atoms with van der Waals surface area (Å²) in [5, 5.41) is 15.1. The van der Waals surface area contributed by atoms with Crippen LogP contribution in [0.2, 0.25) is 0 Å². The number of H-pyrrole nitrogens is 1. The molecule has 3 N–H and O–H groups in total. The summed E-state index contributed by atoms with van der Waals surface area (Å²) >= 11 is 0. The van der Waals surface area contributed by atoms with E-state index < -0.39 is 5.82 Å². The van der Waals surface area contributed by atoms with Crippen LogP contribution in [0.5, 0.6) is 0 Å². The second kappa shape index (κ2) is 7.07. The third-order valence-corrected chi connectivity index (χ3v) is 5.11. The number of halogens is 1. The lowest BCUT2D eigenvalue weighted by Gasteiger charge is -2.17. The summed E-state index contributed by atoms with van der Waals surface area (Å²) in [4.78, 5) is 15.7. The average molecular weight is 401 g/mol. The van der Waals surface area contributed by atoms with Gasteiger partial charge in [0.05, 0.1) is 34.9 Å². The van der Waals surface area contributed by atoms with E-state index in [1.54, 1.807) is 12.4 Å². The van der Waals surface area contributed by atoms with E-state index in [0.717, 1.165) is 21.2 Å². The van der Waals surface area contributed by atoms with Crippen molar-refractivity contribution in [1.29, 1.82) is 0 Å². The van der Waals surface area contributed by atoms with Gasteiger partial charge in [-0.05, 0) is 37.3 Å². The molecule has 0 saturated heterocycles. The Kier molecular flexibility index (Phi) is 4.24. The van der Waals surface area contributed by atoms with Gasteiger partial charge in [-0.25, -0.2) is 19.3 Å². The van der Waals surface area contributed by atoms with E-state index >= 15 is 0 Å². The second-order valence-electron chi connectivity index (χ2n) is 7.02. The van der Waals surface area contributed by atoms with E-state index in [1.807, 2.05) is 43.3 Å². The highest BCUT2D eigenvalue weighted by atomic mass is 19.1. The molecule has 0 bridgehead atoms. The molecule has 0 aliphatic heterocycles. The minimum absolute atomic E-state index is 0.241. The van der Waals surface area contributed by atoms with Crippen LogP contribution in [0.4, 0.5) is 10.2 Å². The predicted octanol–water partition coefficient (Wildman–Crippen LogP) is 4.01. The highest BCUT2D eigenvalue weighted by Crippen LogP contribution is 2.31. The molecule has 7 nitrogen and oxygen atoms in total. The van der Waals surface area contributed by atoms with E-state index in [0.29, 0.717) is 28.2 Å². The van der Waals surface area contributed by atoms with Crippen LogP contribution < -0.4 is 10.0 Å². The molecule has 0 saturated carbocycles. The van der Waals surface area contributed by atoms with Crippen molar-refractivity contribution in [1.82, 2.24) is 19.9 Å². The largest absolute Gasteiger partial charge is 0.361 e. The molecule has 0 unspecified atom stereocenters. The lowest BCUT2D eigenvalue weighted by molar-refractivity contribution is -0.876. The first-order valence-corrected chi connectivity index (χ1v) is 9.45. The molecule has 0 aliphatic carbocycles. The maximum absolute atomic E-state index is 13.9. The number of hydrogen-bond donors (Lipinski definition) is 3. The fourth-order valence-electron chi connectivity index (χ4n) is 3.67. The van der Waals surface area contributed by atoms with Gasteiger partial charge in [0.25, 0.3) is 11.2 Å². The number of fused-ring (bicyclic) bond motifs is 2. The summed E-state index contributed by atoms with van der Waals surface area (Å²) in [6.07, 6.45) is 3.02. The third kappa shape index (κ3) is 2.98. The smallest absolute Gasteiger partial charge is 0.270 e. The third-order valence-electron chi connectivity index (χ3n) is 5.11. The van der Waals surface area contributed by atoms with Gasteiger partial charge < -0.3 is 10.3 Å². The summed E-state index contributed by atoms with van der Waals surface area (Å²) in [6.45, 7) is 1.97. The monoisotopic (exact) mass is 401 g/mol. The Morgan fingerprint density at radius 1 is 1.07 bits per heavy atom.